The van der Waals surface area contributed by atoms with Gasteiger partial charge in [0.15, 0.2) is 11.5 Å². The first-order valence-electron chi connectivity index (χ1n) is 14.1. The molecule has 1 aliphatic heterocycles. The number of rotatable bonds is 12. The van der Waals surface area contributed by atoms with Crippen molar-refractivity contribution in [3.05, 3.63) is 53.6 Å². The lowest BCUT2D eigenvalue weighted by Crippen LogP contribution is -2.41. The van der Waals surface area contributed by atoms with Crippen molar-refractivity contribution in [3.8, 4) is 11.5 Å². The zero-order valence-corrected chi connectivity index (χ0v) is 22.9. The number of hydrogen-bond acceptors (Lipinski definition) is 6. The number of carbonyl (C=O) groups excluding carboxylic acids is 2. The quantitative estimate of drug-likeness (QED) is 0.331. The van der Waals surface area contributed by atoms with Gasteiger partial charge in [0.2, 0.25) is 5.91 Å². The Balaban J connectivity index is 1.59. The fraction of sp³-hybridized carbons (Fsp3) is 0.516. The first-order valence-corrected chi connectivity index (χ1v) is 14.1. The van der Waals surface area contributed by atoms with Crippen molar-refractivity contribution in [1.82, 2.24) is 5.01 Å². The van der Waals surface area contributed by atoms with Gasteiger partial charge in [-0.25, -0.2) is 0 Å². The summed E-state index contributed by atoms with van der Waals surface area (Å²) in [6.45, 7) is 4.69. The number of amides is 1. The second kappa shape index (κ2) is 13.4. The first-order chi connectivity index (χ1) is 18.5. The van der Waals surface area contributed by atoms with E-state index < -0.39 is 0 Å². The first kappa shape index (κ1) is 27.7. The SMILES string of the molecule is CCCCC(=O)Nc1cccc(CN2N=C(c3ccc(OC)c(OC4CCCC4)c3)C(CC)CC2C=O)c1. The van der Waals surface area contributed by atoms with E-state index in [2.05, 4.69) is 19.2 Å². The number of unbranched alkanes of at least 4 members (excludes halogenated alkanes) is 1. The smallest absolute Gasteiger partial charge is 0.224 e. The fourth-order valence-electron chi connectivity index (χ4n) is 5.36. The van der Waals surface area contributed by atoms with Crippen LogP contribution in [0.1, 0.15) is 82.8 Å². The molecule has 1 saturated carbocycles. The highest BCUT2D eigenvalue weighted by Gasteiger charge is 2.31. The van der Waals surface area contributed by atoms with Crippen LogP contribution in [-0.2, 0) is 16.1 Å². The molecule has 0 aromatic heterocycles. The average Bonchev–Trinajstić information content (AvgIpc) is 3.45. The number of nitrogens with one attached hydrogen (secondary N) is 1. The van der Waals surface area contributed by atoms with Gasteiger partial charge >= 0.3 is 0 Å². The third kappa shape index (κ3) is 6.94. The zero-order chi connectivity index (χ0) is 26.9. The molecule has 2 aromatic carbocycles. The summed E-state index contributed by atoms with van der Waals surface area (Å²) >= 11 is 0. The van der Waals surface area contributed by atoms with E-state index in [1.165, 1.54) is 12.8 Å². The van der Waals surface area contributed by atoms with E-state index >= 15 is 0 Å². The van der Waals surface area contributed by atoms with Crippen molar-refractivity contribution < 1.29 is 19.1 Å². The molecule has 1 fully saturated rings. The van der Waals surface area contributed by atoms with Gasteiger partial charge < -0.3 is 19.6 Å². The van der Waals surface area contributed by atoms with Gasteiger partial charge in [-0.05, 0) is 80.8 Å². The number of carbonyl (C=O) groups is 2. The number of methoxy groups -OCH3 is 1. The van der Waals surface area contributed by atoms with Crippen molar-refractivity contribution in [2.45, 2.75) is 90.3 Å². The van der Waals surface area contributed by atoms with Gasteiger partial charge in [0.1, 0.15) is 12.3 Å². The number of benzene rings is 2. The van der Waals surface area contributed by atoms with Crippen molar-refractivity contribution in [2.24, 2.45) is 11.0 Å². The Kier molecular flexibility index (Phi) is 9.79. The van der Waals surface area contributed by atoms with E-state index in [1.807, 2.05) is 47.5 Å². The Hall–Kier alpha value is -3.35. The number of hydrogen-bond donors (Lipinski definition) is 1. The Bertz CT molecular complexity index is 1130. The molecule has 38 heavy (non-hydrogen) atoms. The lowest BCUT2D eigenvalue weighted by molar-refractivity contribution is -0.116. The molecule has 2 atom stereocenters. The molecule has 7 nitrogen and oxygen atoms in total. The lowest BCUT2D eigenvalue weighted by atomic mass is 9.87. The number of anilines is 1. The van der Waals surface area contributed by atoms with Crippen LogP contribution in [-0.4, -0.2) is 42.2 Å². The lowest BCUT2D eigenvalue weighted by Gasteiger charge is -2.35. The standard InChI is InChI=1S/C31H41N3O4/c1-4-6-14-30(36)32-25-11-9-10-22(17-25)20-34-26(21-35)18-23(5-2)31(33-34)24-15-16-28(37-3)29(19-24)38-27-12-7-8-13-27/h9-11,15-17,19,21,23,26-27H,4-8,12-14,18,20H2,1-3H3,(H,32,36). The van der Waals surface area contributed by atoms with Crippen LogP contribution >= 0.6 is 0 Å². The van der Waals surface area contributed by atoms with Gasteiger partial charge in [0, 0.05) is 23.6 Å². The summed E-state index contributed by atoms with van der Waals surface area (Å²) in [7, 11) is 1.67. The highest BCUT2D eigenvalue weighted by atomic mass is 16.5. The summed E-state index contributed by atoms with van der Waals surface area (Å²) in [5.41, 5.74) is 3.72. The van der Waals surface area contributed by atoms with Crippen LogP contribution in [0.25, 0.3) is 0 Å². The van der Waals surface area contributed by atoms with E-state index in [0.717, 1.165) is 72.4 Å². The van der Waals surface area contributed by atoms with Crippen LogP contribution in [0.15, 0.2) is 47.6 Å². The number of aldehydes is 1. The van der Waals surface area contributed by atoms with Crippen molar-refractivity contribution in [1.29, 1.82) is 0 Å². The summed E-state index contributed by atoms with van der Waals surface area (Å²) in [6, 6.07) is 13.5. The third-order valence-corrected chi connectivity index (χ3v) is 7.55. The van der Waals surface area contributed by atoms with Gasteiger partial charge in [0.05, 0.1) is 25.5 Å². The molecule has 2 unspecified atom stereocenters. The van der Waals surface area contributed by atoms with Crippen LogP contribution in [0, 0.1) is 5.92 Å². The molecule has 204 valence electrons. The molecule has 0 radical (unpaired) electrons. The third-order valence-electron chi connectivity index (χ3n) is 7.55. The Morgan fingerprint density at radius 3 is 2.66 bits per heavy atom. The number of nitrogens with zero attached hydrogens (tertiary/aromatic N) is 2. The molecule has 0 saturated heterocycles. The van der Waals surface area contributed by atoms with Gasteiger partial charge in [-0.3, -0.25) is 9.80 Å². The van der Waals surface area contributed by atoms with Crippen molar-refractivity contribution >= 4 is 23.6 Å². The average molecular weight is 520 g/mol. The van der Waals surface area contributed by atoms with Crippen LogP contribution in [0.5, 0.6) is 11.5 Å². The molecule has 1 amide bonds. The molecule has 0 spiro atoms. The Morgan fingerprint density at radius 2 is 1.95 bits per heavy atom. The molecule has 1 N–H and O–H groups in total. The summed E-state index contributed by atoms with van der Waals surface area (Å²) in [5.74, 6) is 1.67. The molecular formula is C31H41N3O4. The molecule has 7 heteroatoms. The molecule has 0 bridgehead atoms. The molecular weight excluding hydrogens is 478 g/mol. The summed E-state index contributed by atoms with van der Waals surface area (Å²) < 4.78 is 11.9. The Morgan fingerprint density at radius 1 is 1.13 bits per heavy atom. The minimum absolute atomic E-state index is 0.0222. The van der Waals surface area contributed by atoms with Gasteiger partial charge in [-0.2, -0.15) is 5.10 Å². The molecule has 1 heterocycles. The predicted molar refractivity (Wildman–Crippen MR) is 151 cm³/mol. The maximum atomic E-state index is 12.2. The monoisotopic (exact) mass is 519 g/mol. The minimum atomic E-state index is -0.307. The summed E-state index contributed by atoms with van der Waals surface area (Å²) in [6.07, 6.45) is 9.72. The van der Waals surface area contributed by atoms with Crippen LogP contribution in [0.3, 0.4) is 0 Å². The van der Waals surface area contributed by atoms with Crippen LogP contribution in [0.4, 0.5) is 5.69 Å². The number of hydrazone groups is 1. The van der Waals surface area contributed by atoms with E-state index in [4.69, 9.17) is 14.6 Å². The summed E-state index contributed by atoms with van der Waals surface area (Å²) in [5, 5.41) is 9.92. The predicted octanol–water partition coefficient (Wildman–Crippen LogP) is 6.35. The molecule has 2 aromatic rings. The molecule has 1 aliphatic carbocycles. The highest BCUT2D eigenvalue weighted by molar-refractivity contribution is 6.03. The number of ether oxygens (including phenoxy) is 2. The van der Waals surface area contributed by atoms with E-state index in [-0.39, 0.29) is 24.0 Å². The van der Waals surface area contributed by atoms with E-state index in [1.54, 1.807) is 7.11 Å². The van der Waals surface area contributed by atoms with Crippen LogP contribution in [0.2, 0.25) is 0 Å². The highest BCUT2D eigenvalue weighted by Crippen LogP contribution is 2.35. The maximum absolute atomic E-state index is 12.2. The van der Waals surface area contributed by atoms with Gasteiger partial charge in [0.25, 0.3) is 0 Å². The molecule has 2 aliphatic rings. The topological polar surface area (TPSA) is 80.2 Å². The van der Waals surface area contributed by atoms with E-state index in [0.29, 0.717) is 19.4 Å². The largest absolute Gasteiger partial charge is 0.493 e. The molecule has 4 rings (SSSR count). The van der Waals surface area contributed by atoms with Crippen molar-refractivity contribution in [2.75, 3.05) is 12.4 Å². The second-order valence-corrected chi connectivity index (χ2v) is 10.4. The van der Waals surface area contributed by atoms with Gasteiger partial charge in [-0.15, -0.1) is 0 Å². The minimum Gasteiger partial charge on any atom is -0.493 e. The second-order valence-electron chi connectivity index (χ2n) is 10.4. The van der Waals surface area contributed by atoms with Crippen LogP contribution < -0.4 is 14.8 Å². The fourth-order valence-corrected chi connectivity index (χ4v) is 5.36. The zero-order valence-electron chi connectivity index (χ0n) is 22.9. The maximum Gasteiger partial charge on any atom is 0.224 e. The summed E-state index contributed by atoms with van der Waals surface area (Å²) in [4.78, 5) is 24.3. The van der Waals surface area contributed by atoms with Crippen molar-refractivity contribution in [3.63, 3.8) is 0 Å². The Labute approximate surface area is 226 Å². The van der Waals surface area contributed by atoms with E-state index in [9.17, 15) is 9.59 Å². The van der Waals surface area contributed by atoms with Gasteiger partial charge in [-0.1, -0.05) is 32.4 Å². The normalized spacial score (nSPS) is 19.7.